The number of halogens is 1. The zero-order valence-electron chi connectivity index (χ0n) is 26.0. The van der Waals surface area contributed by atoms with E-state index in [2.05, 4.69) is 50.2 Å². The van der Waals surface area contributed by atoms with Gasteiger partial charge >= 0.3 is 17.9 Å². The van der Waals surface area contributed by atoms with Crippen LogP contribution in [0.15, 0.2) is 12.2 Å². The molecule has 4 unspecified atom stereocenters. The lowest BCUT2D eigenvalue weighted by molar-refractivity contribution is -0.257. The lowest BCUT2D eigenvalue weighted by Gasteiger charge is -2.72. The summed E-state index contributed by atoms with van der Waals surface area (Å²) in [4.78, 5) is 37.1. The smallest absolute Gasteiger partial charge is 0.309 e. The van der Waals surface area contributed by atoms with Gasteiger partial charge in [0.1, 0.15) is 12.7 Å². The molecule has 0 radical (unpaired) electrons. The van der Waals surface area contributed by atoms with Crippen molar-refractivity contribution in [3.63, 3.8) is 0 Å². The summed E-state index contributed by atoms with van der Waals surface area (Å²) < 4.78 is 11.6. The summed E-state index contributed by atoms with van der Waals surface area (Å²) in [5.41, 5.74) is 0.221. The molecule has 1 N–H and O–H groups in total. The maximum absolute atomic E-state index is 13.0. The number of esters is 2. The number of allylic oxidation sites excluding steroid dienone is 1. The number of aliphatic carboxylic acids is 1. The Bertz CT molecular complexity index is 1120. The quantitative estimate of drug-likeness (QED) is 0.184. The fourth-order valence-corrected chi connectivity index (χ4v) is 12.6. The van der Waals surface area contributed by atoms with Crippen molar-refractivity contribution in [2.75, 3.05) is 11.9 Å². The van der Waals surface area contributed by atoms with E-state index in [9.17, 15) is 19.5 Å². The molecule has 0 aromatic rings. The van der Waals surface area contributed by atoms with Crippen molar-refractivity contribution in [3.8, 4) is 0 Å². The molecule has 7 heteroatoms. The summed E-state index contributed by atoms with van der Waals surface area (Å²) >= 11 is 3.65. The molecule has 0 aromatic heterocycles. The first-order chi connectivity index (χ1) is 19.1. The monoisotopic (exact) mass is 634 g/mol. The number of carboxylic acid groups (broad SMARTS) is 1. The topological polar surface area (TPSA) is 89.9 Å². The van der Waals surface area contributed by atoms with Gasteiger partial charge in [-0.15, -0.1) is 0 Å². The first-order valence-corrected chi connectivity index (χ1v) is 17.0. The molecule has 6 nitrogen and oxygen atoms in total. The van der Waals surface area contributed by atoms with E-state index in [0.717, 1.165) is 75.1 Å². The Morgan fingerprint density at radius 2 is 1.56 bits per heavy atom. The van der Waals surface area contributed by atoms with Crippen molar-refractivity contribution in [2.45, 2.75) is 112 Å². The molecule has 0 heterocycles. The van der Waals surface area contributed by atoms with Crippen molar-refractivity contribution in [2.24, 2.45) is 56.7 Å². The third-order valence-electron chi connectivity index (χ3n) is 14.2. The van der Waals surface area contributed by atoms with E-state index >= 15 is 0 Å². The lowest BCUT2D eigenvalue weighted by Crippen LogP contribution is -2.68. The number of hydrogen-bond donors (Lipinski definition) is 1. The second-order valence-electron chi connectivity index (χ2n) is 15.5. The molecule has 11 atom stereocenters. The van der Waals surface area contributed by atoms with Gasteiger partial charge in [-0.05, 0) is 110 Å². The van der Waals surface area contributed by atoms with Gasteiger partial charge in [-0.3, -0.25) is 14.4 Å². The molecule has 0 aromatic carbocycles. The standard InChI is InChI=1S/C34H51BrO6/c1-20(18-35)23-10-15-34(29(38)39)17-16-32(6)24(28(23)34)8-9-26-30(4)13-12-27(41-22(3)37)31(5,19-40-21(2)36)25(30)11-14-33(26,32)7/h23-28H,1,8-19H2,2-7H3,(H,38,39)/t23-,24?,25?,26?,27-,28?,30-,31-,32+,33+,34-/m0/s1. The first-order valence-electron chi connectivity index (χ1n) is 15.9. The van der Waals surface area contributed by atoms with Crippen molar-refractivity contribution in [1.82, 2.24) is 0 Å². The van der Waals surface area contributed by atoms with Crippen LogP contribution in [-0.2, 0) is 23.9 Å². The third kappa shape index (κ3) is 4.31. The number of carboxylic acids is 1. The van der Waals surface area contributed by atoms with Gasteiger partial charge in [0.25, 0.3) is 0 Å². The Labute approximate surface area is 254 Å². The number of hydrogen-bond acceptors (Lipinski definition) is 5. The minimum absolute atomic E-state index is 0.0163. The van der Waals surface area contributed by atoms with E-state index in [4.69, 9.17) is 9.47 Å². The van der Waals surface area contributed by atoms with Crippen LogP contribution in [0.1, 0.15) is 106 Å². The second kappa shape index (κ2) is 10.4. The highest BCUT2D eigenvalue weighted by Crippen LogP contribution is 2.77. The predicted molar refractivity (Wildman–Crippen MR) is 161 cm³/mol. The van der Waals surface area contributed by atoms with Crippen molar-refractivity contribution >= 4 is 33.8 Å². The van der Waals surface area contributed by atoms with Crippen LogP contribution in [0.3, 0.4) is 0 Å². The van der Waals surface area contributed by atoms with Gasteiger partial charge in [0.2, 0.25) is 0 Å². The molecular weight excluding hydrogens is 584 g/mol. The number of alkyl halides is 1. The Hall–Kier alpha value is -1.37. The summed E-state index contributed by atoms with van der Waals surface area (Å²) in [6.07, 6.45) is 9.10. The van der Waals surface area contributed by atoms with Gasteiger partial charge in [-0.25, -0.2) is 0 Å². The number of carbonyl (C=O) groups is 3. The van der Waals surface area contributed by atoms with E-state index in [0.29, 0.717) is 11.8 Å². The molecule has 5 aliphatic rings. The van der Waals surface area contributed by atoms with Crippen LogP contribution >= 0.6 is 15.9 Å². The van der Waals surface area contributed by atoms with Crippen LogP contribution in [0.5, 0.6) is 0 Å². The SMILES string of the molecule is C=C(CBr)[C@@H]1CC[C@]2(C(=O)O)CC[C@]3(C)C(CCC4[C@@]5(C)CC[C@H](OC(C)=O)[C@@](C)(COC(C)=O)C5CC[C@]43C)C12. The van der Waals surface area contributed by atoms with E-state index in [1.54, 1.807) is 0 Å². The molecule has 230 valence electrons. The first kappa shape index (κ1) is 31.1. The van der Waals surface area contributed by atoms with E-state index < -0.39 is 16.8 Å². The molecule has 5 rings (SSSR count). The highest BCUT2D eigenvalue weighted by Gasteiger charge is 2.72. The van der Waals surface area contributed by atoms with Gasteiger partial charge < -0.3 is 14.6 Å². The van der Waals surface area contributed by atoms with Crippen LogP contribution in [0, 0.1) is 56.7 Å². The molecular formula is C34H51BrO6. The Balaban J connectivity index is 1.53. The number of fused-ring (bicyclic) bond motifs is 7. The molecule has 5 saturated carbocycles. The van der Waals surface area contributed by atoms with Crippen LogP contribution in [0.25, 0.3) is 0 Å². The molecule has 0 aliphatic heterocycles. The molecule has 5 fully saturated rings. The summed E-state index contributed by atoms with van der Waals surface area (Å²) in [5, 5.41) is 11.4. The molecule has 0 amide bonds. The van der Waals surface area contributed by atoms with Gasteiger partial charge in [-0.2, -0.15) is 0 Å². The molecule has 0 bridgehead atoms. The Morgan fingerprint density at radius 1 is 0.854 bits per heavy atom. The van der Waals surface area contributed by atoms with Gasteiger partial charge in [0.05, 0.1) is 5.41 Å². The summed E-state index contributed by atoms with van der Waals surface area (Å²) in [6, 6.07) is 0. The van der Waals surface area contributed by atoms with Crippen LogP contribution in [0.2, 0.25) is 0 Å². The maximum Gasteiger partial charge on any atom is 0.309 e. The minimum atomic E-state index is -0.630. The van der Waals surface area contributed by atoms with E-state index in [-0.39, 0.29) is 58.6 Å². The maximum atomic E-state index is 13.0. The lowest BCUT2D eigenvalue weighted by atomic mass is 9.32. The largest absolute Gasteiger partial charge is 0.481 e. The fraction of sp³-hybridized carbons (Fsp3) is 0.853. The molecule has 5 aliphatic carbocycles. The number of carbonyl (C=O) groups excluding carboxylic acids is 2. The van der Waals surface area contributed by atoms with Crippen molar-refractivity contribution in [3.05, 3.63) is 12.2 Å². The summed E-state index contributed by atoms with van der Waals surface area (Å²) in [5.74, 6) is 0.329. The second-order valence-corrected chi connectivity index (χ2v) is 16.1. The van der Waals surface area contributed by atoms with Crippen LogP contribution in [0.4, 0.5) is 0 Å². The zero-order chi connectivity index (χ0) is 30.2. The summed E-state index contributed by atoms with van der Waals surface area (Å²) in [6.45, 7) is 17.3. The summed E-state index contributed by atoms with van der Waals surface area (Å²) in [7, 11) is 0. The van der Waals surface area contributed by atoms with Gasteiger partial charge in [0, 0.05) is 24.6 Å². The van der Waals surface area contributed by atoms with Crippen LogP contribution < -0.4 is 0 Å². The third-order valence-corrected chi connectivity index (χ3v) is 14.9. The highest BCUT2D eigenvalue weighted by molar-refractivity contribution is 9.09. The zero-order valence-corrected chi connectivity index (χ0v) is 27.6. The number of rotatable bonds is 6. The Kier molecular flexibility index (Phi) is 7.86. The van der Waals surface area contributed by atoms with Crippen molar-refractivity contribution in [1.29, 1.82) is 0 Å². The minimum Gasteiger partial charge on any atom is -0.481 e. The fourth-order valence-electron chi connectivity index (χ4n) is 12.2. The van der Waals surface area contributed by atoms with Crippen LogP contribution in [-0.4, -0.2) is 41.1 Å². The average Bonchev–Trinajstić information content (AvgIpc) is 3.30. The van der Waals surface area contributed by atoms with E-state index in [1.165, 1.54) is 13.8 Å². The average molecular weight is 636 g/mol. The van der Waals surface area contributed by atoms with Crippen molar-refractivity contribution < 1.29 is 29.0 Å². The van der Waals surface area contributed by atoms with Gasteiger partial charge in [0.15, 0.2) is 0 Å². The molecule has 41 heavy (non-hydrogen) atoms. The predicted octanol–water partition coefficient (Wildman–Crippen LogP) is 7.58. The van der Waals surface area contributed by atoms with Gasteiger partial charge in [-0.1, -0.05) is 55.8 Å². The molecule has 0 spiro atoms. The normalized spacial score (nSPS) is 48.6. The Morgan fingerprint density at radius 3 is 2.17 bits per heavy atom. The highest BCUT2D eigenvalue weighted by atomic mass is 79.9. The number of ether oxygens (including phenoxy) is 2. The van der Waals surface area contributed by atoms with E-state index in [1.807, 2.05) is 0 Å². The molecule has 0 saturated heterocycles.